The minimum atomic E-state index is 0.644. The number of aromatic nitrogens is 1. The third-order valence-corrected chi connectivity index (χ3v) is 4.40. The molecule has 98 valence electrons. The number of nitrogens with two attached hydrogens (primary N) is 1. The largest absolute Gasteiger partial charge is 0.399 e. The molecule has 0 saturated heterocycles. The van der Waals surface area contributed by atoms with Crippen LogP contribution in [0.4, 0.5) is 5.69 Å². The number of anilines is 1. The molecule has 2 aromatic rings. The molecule has 0 fully saturated rings. The lowest BCUT2D eigenvalue weighted by molar-refractivity contribution is 0.0790. The Morgan fingerprint density at radius 3 is 3.06 bits per heavy atom. The Labute approximate surface area is 114 Å². The molecule has 0 aliphatic carbocycles. The third kappa shape index (κ3) is 3.84. The highest BCUT2D eigenvalue weighted by Crippen LogP contribution is 2.30. The maximum absolute atomic E-state index is 5.74. The van der Waals surface area contributed by atoms with Crippen molar-refractivity contribution in [3.8, 4) is 0 Å². The molecule has 0 radical (unpaired) electrons. The van der Waals surface area contributed by atoms with E-state index in [1.165, 1.54) is 0 Å². The van der Waals surface area contributed by atoms with E-state index < -0.39 is 0 Å². The van der Waals surface area contributed by atoms with Crippen molar-refractivity contribution in [3.05, 3.63) is 18.2 Å². The van der Waals surface area contributed by atoms with Crippen LogP contribution in [0.1, 0.15) is 0 Å². The lowest BCUT2D eigenvalue weighted by Gasteiger charge is -2.01. The van der Waals surface area contributed by atoms with Crippen molar-refractivity contribution in [1.29, 1.82) is 0 Å². The van der Waals surface area contributed by atoms with Gasteiger partial charge in [-0.25, -0.2) is 4.98 Å². The highest BCUT2D eigenvalue weighted by Gasteiger charge is 2.04. The van der Waals surface area contributed by atoms with Crippen LogP contribution in [0.25, 0.3) is 10.2 Å². The zero-order valence-corrected chi connectivity index (χ0v) is 11.9. The van der Waals surface area contributed by atoms with Crippen LogP contribution in [0.2, 0.25) is 0 Å². The Balaban J connectivity index is 1.81. The number of hydrogen-bond donors (Lipinski definition) is 1. The van der Waals surface area contributed by atoms with Crippen molar-refractivity contribution < 1.29 is 9.47 Å². The van der Waals surface area contributed by atoms with Gasteiger partial charge in [-0.3, -0.25) is 0 Å². The molecular formula is C12H16N2O2S2. The average Bonchev–Trinajstić information content (AvgIpc) is 2.75. The van der Waals surface area contributed by atoms with Crippen LogP contribution in [-0.4, -0.2) is 37.7 Å². The third-order valence-electron chi connectivity index (χ3n) is 2.28. The molecule has 1 aromatic carbocycles. The van der Waals surface area contributed by atoms with Crippen LogP contribution in [0.5, 0.6) is 0 Å². The predicted octanol–water partition coefficient (Wildman–Crippen LogP) is 2.63. The minimum absolute atomic E-state index is 0.644. The second-order valence-electron chi connectivity index (χ2n) is 3.66. The second-order valence-corrected chi connectivity index (χ2v) is 6.03. The number of fused-ring (bicyclic) bond motifs is 1. The summed E-state index contributed by atoms with van der Waals surface area (Å²) in [6.07, 6.45) is 0. The van der Waals surface area contributed by atoms with E-state index in [1.807, 2.05) is 18.2 Å². The van der Waals surface area contributed by atoms with Crippen molar-refractivity contribution >= 4 is 39.0 Å². The summed E-state index contributed by atoms with van der Waals surface area (Å²) in [5.41, 5.74) is 7.54. The fourth-order valence-corrected chi connectivity index (χ4v) is 3.45. The fraction of sp³-hybridized carbons (Fsp3) is 0.417. The number of ether oxygens (including phenoxy) is 2. The van der Waals surface area contributed by atoms with E-state index in [0.717, 1.165) is 26.0 Å². The summed E-state index contributed by atoms with van der Waals surface area (Å²) in [4.78, 5) is 4.53. The molecule has 0 aliphatic heterocycles. The molecule has 18 heavy (non-hydrogen) atoms. The maximum Gasteiger partial charge on any atom is 0.151 e. The first-order valence-corrected chi connectivity index (χ1v) is 7.45. The van der Waals surface area contributed by atoms with Gasteiger partial charge in [-0.2, -0.15) is 0 Å². The molecule has 4 nitrogen and oxygen atoms in total. The van der Waals surface area contributed by atoms with Gasteiger partial charge < -0.3 is 15.2 Å². The first-order chi connectivity index (χ1) is 8.79. The Morgan fingerprint density at radius 1 is 1.33 bits per heavy atom. The first kappa shape index (κ1) is 13.6. The molecule has 0 saturated carbocycles. The monoisotopic (exact) mass is 284 g/mol. The summed E-state index contributed by atoms with van der Waals surface area (Å²) >= 11 is 3.38. The zero-order chi connectivity index (χ0) is 12.8. The van der Waals surface area contributed by atoms with E-state index in [-0.39, 0.29) is 0 Å². The van der Waals surface area contributed by atoms with Crippen molar-refractivity contribution in [2.75, 3.05) is 38.4 Å². The molecule has 2 N–H and O–H groups in total. The van der Waals surface area contributed by atoms with E-state index >= 15 is 0 Å². The van der Waals surface area contributed by atoms with Gasteiger partial charge in [0.15, 0.2) is 4.34 Å². The number of benzene rings is 1. The van der Waals surface area contributed by atoms with E-state index in [1.54, 1.807) is 30.2 Å². The first-order valence-electron chi connectivity index (χ1n) is 5.65. The van der Waals surface area contributed by atoms with Gasteiger partial charge in [-0.15, -0.1) is 11.3 Å². The van der Waals surface area contributed by atoms with Crippen molar-refractivity contribution in [1.82, 2.24) is 4.98 Å². The number of thiazole rings is 1. The van der Waals surface area contributed by atoms with Gasteiger partial charge >= 0.3 is 0 Å². The molecule has 0 amide bonds. The lowest BCUT2D eigenvalue weighted by Crippen LogP contribution is -2.04. The van der Waals surface area contributed by atoms with Crippen LogP contribution in [0.15, 0.2) is 22.5 Å². The lowest BCUT2D eigenvalue weighted by atomic mass is 10.3. The average molecular weight is 284 g/mol. The SMILES string of the molecule is COCCOCCSc1nc2ccc(N)cc2s1. The van der Waals surface area contributed by atoms with Crippen LogP contribution in [-0.2, 0) is 9.47 Å². The van der Waals surface area contributed by atoms with E-state index in [9.17, 15) is 0 Å². The highest BCUT2D eigenvalue weighted by atomic mass is 32.2. The van der Waals surface area contributed by atoms with Crippen molar-refractivity contribution in [2.24, 2.45) is 0 Å². The number of rotatable bonds is 7. The molecule has 0 unspecified atom stereocenters. The van der Waals surface area contributed by atoms with Gasteiger partial charge in [-0.05, 0) is 18.2 Å². The predicted molar refractivity (Wildman–Crippen MR) is 77.5 cm³/mol. The molecule has 2 rings (SSSR count). The highest BCUT2D eigenvalue weighted by molar-refractivity contribution is 8.01. The fourth-order valence-electron chi connectivity index (χ4n) is 1.41. The van der Waals surface area contributed by atoms with Gasteiger partial charge in [0.2, 0.25) is 0 Å². The summed E-state index contributed by atoms with van der Waals surface area (Å²) in [6, 6.07) is 5.80. The summed E-state index contributed by atoms with van der Waals surface area (Å²) < 4.78 is 12.5. The van der Waals surface area contributed by atoms with Crippen molar-refractivity contribution in [3.63, 3.8) is 0 Å². The quantitative estimate of drug-likeness (QED) is 0.481. The number of hydrogen-bond acceptors (Lipinski definition) is 6. The topological polar surface area (TPSA) is 57.4 Å². The van der Waals surface area contributed by atoms with Gasteiger partial charge in [0.1, 0.15) is 0 Å². The molecule has 0 spiro atoms. The molecule has 0 atom stereocenters. The van der Waals surface area contributed by atoms with Crippen molar-refractivity contribution in [2.45, 2.75) is 4.34 Å². The Kier molecular flexibility index (Phi) is 5.25. The van der Waals surface area contributed by atoms with E-state index in [2.05, 4.69) is 4.98 Å². The molecule has 0 bridgehead atoms. The molecule has 1 heterocycles. The standard InChI is InChI=1S/C12H16N2O2S2/c1-15-4-5-16-6-7-17-12-14-10-3-2-9(13)8-11(10)18-12/h2-3,8H,4-7,13H2,1H3. The minimum Gasteiger partial charge on any atom is -0.399 e. The number of methoxy groups -OCH3 is 1. The molecular weight excluding hydrogens is 268 g/mol. The van der Waals surface area contributed by atoms with Crippen LogP contribution in [0.3, 0.4) is 0 Å². The van der Waals surface area contributed by atoms with Gasteiger partial charge in [0.25, 0.3) is 0 Å². The summed E-state index contributed by atoms with van der Waals surface area (Å²) in [5, 5.41) is 0. The second kappa shape index (κ2) is 6.94. The van der Waals surface area contributed by atoms with Gasteiger partial charge in [0, 0.05) is 18.6 Å². The number of nitrogen functional groups attached to an aromatic ring is 1. The Bertz CT molecular complexity index is 502. The normalized spacial score (nSPS) is 11.2. The number of thioether (sulfide) groups is 1. The van der Waals surface area contributed by atoms with E-state index in [0.29, 0.717) is 19.8 Å². The zero-order valence-electron chi connectivity index (χ0n) is 10.2. The van der Waals surface area contributed by atoms with Gasteiger partial charge in [-0.1, -0.05) is 11.8 Å². The molecule has 1 aromatic heterocycles. The number of nitrogens with zero attached hydrogens (tertiary/aromatic N) is 1. The van der Waals surface area contributed by atoms with E-state index in [4.69, 9.17) is 15.2 Å². The van der Waals surface area contributed by atoms with Crippen LogP contribution in [0, 0.1) is 0 Å². The smallest absolute Gasteiger partial charge is 0.151 e. The summed E-state index contributed by atoms with van der Waals surface area (Å²) in [5.74, 6) is 0.902. The van der Waals surface area contributed by atoms with Gasteiger partial charge in [0.05, 0.1) is 30.0 Å². The Hall–Kier alpha value is -0.820. The summed E-state index contributed by atoms with van der Waals surface area (Å²) in [7, 11) is 1.67. The maximum atomic E-state index is 5.74. The molecule has 0 aliphatic rings. The Morgan fingerprint density at radius 2 is 2.22 bits per heavy atom. The summed E-state index contributed by atoms with van der Waals surface area (Å²) in [6.45, 7) is 2.00. The van der Waals surface area contributed by atoms with Crippen LogP contribution >= 0.6 is 23.1 Å². The molecule has 6 heteroatoms. The van der Waals surface area contributed by atoms with Crippen LogP contribution < -0.4 is 5.73 Å².